The first-order valence-corrected chi connectivity index (χ1v) is 12.9. The number of rotatable bonds is 9. The maximum absolute atomic E-state index is 12.8. The van der Waals surface area contributed by atoms with Crippen molar-refractivity contribution in [2.24, 2.45) is 17.8 Å². The van der Waals surface area contributed by atoms with E-state index in [0.29, 0.717) is 38.5 Å². The lowest BCUT2D eigenvalue weighted by Gasteiger charge is -2.34. The van der Waals surface area contributed by atoms with Crippen LogP contribution in [0.1, 0.15) is 66.2 Å². The number of carbonyl (C=O) groups excluding carboxylic acids is 4. The molecule has 9 nitrogen and oxygen atoms in total. The molecule has 2 heterocycles. The monoisotopic (exact) mass is 493 g/mol. The molecule has 3 amide bonds. The van der Waals surface area contributed by atoms with Crippen molar-refractivity contribution >= 4 is 23.9 Å². The number of nitrogens with one attached hydrogen (secondary N) is 1. The van der Waals surface area contributed by atoms with E-state index >= 15 is 0 Å². The van der Waals surface area contributed by atoms with Crippen LogP contribution in [0.3, 0.4) is 0 Å². The lowest BCUT2D eigenvalue weighted by molar-refractivity contribution is -0.146. The summed E-state index contributed by atoms with van der Waals surface area (Å²) in [5.41, 5.74) is -0.502. The van der Waals surface area contributed by atoms with Crippen molar-refractivity contribution in [3.05, 3.63) is 12.7 Å². The summed E-state index contributed by atoms with van der Waals surface area (Å²) in [6.45, 7) is 13.8. The highest BCUT2D eigenvalue weighted by Crippen LogP contribution is 2.25. The molecule has 1 N–H and O–H groups in total. The van der Waals surface area contributed by atoms with E-state index in [1.807, 2.05) is 20.8 Å². The minimum absolute atomic E-state index is 0.0764. The van der Waals surface area contributed by atoms with Gasteiger partial charge in [0.2, 0.25) is 11.8 Å². The Kier molecular flexibility index (Phi) is 11.0. The Morgan fingerprint density at radius 1 is 1.09 bits per heavy atom. The third kappa shape index (κ3) is 9.53. The molecule has 0 saturated carbocycles. The number of nitrogens with zero attached hydrogens (tertiary/aromatic N) is 2. The van der Waals surface area contributed by atoms with Crippen LogP contribution >= 0.6 is 0 Å². The molecule has 0 bridgehead atoms. The van der Waals surface area contributed by atoms with Gasteiger partial charge in [0.25, 0.3) is 0 Å². The van der Waals surface area contributed by atoms with Gasteiger partial charge in [0.1, 0.15) is 5.60 Å². The highest BCUT2D eigenvalue weighted by Gasteiger charge is 2.31. The second kappa shape index (κ2) is 13.5. The molecule has 0 aromatic rings. The first-order valence-electron chi connectivity index (χ1n) is 12.9. The first-order chi connectivity index (χ1) is 16.5. The Bertz CT molecular complexity index is 755. The largest absolute Gasteiger partial charge is 0.465 e. The van der Waals surface area contributed by atoms with Crippen molar-refractivity contribution in [3.63, 3.8) is 0 Å². The number of ether oxygens (including phenoxy) is 2. The Hall–Kier alpha value is -2.58. The summed E-state index contributed by atoms with van der Waals surface area (Å²) in [6.07, 6.45) is 5.67. The van der Waals surface area contributed by atoms with Crippen LogP contribution in [0, 0.1) is 17.8 Å². The predicted molar refractivity (Wildman–Crippen MR) is 132 cm³/mol. The first kappa shape index (κ1) is 28.7. The molecule has 9 heteroatoms. The van der Waals surface area contributed by atoms with Gasteiger partial charge in [0, 0.05) is 39.1 Å². The molecule has 2 rings (SSSR count). The number of esters is 1. The number of hydrogen-bond acceptors (Lipinski definition) is 6. The van der Waals surface area contributed by atoms with E-state index in [2.05, 4.69) is 11.9 Å². The Morgan fingerprint density at radius 3 is 2.37 bits per heavy atom. The minimum Gasteiger partial charge on any atom is -0.465 e. The molecule has 198 valence electrons. The van der Waals surface area contributed by atoms with Gasteiger partial charge in [-0.05, 0) is 65.7 Å². The van der Waals surface area contributed by atoms with Gasteiger partial charge in [0.15, 0.2) is 0 Å². The van der Waals surface area contributed by atoms with Crippen molar-refractivity contribution in [1.82, 2.24) is 15.1 Å². The highest BCUT2D eigenvalue weighted by molar-refractivity contribution is 5.82. The van der Waals surface area contributed by atoms with Crippen LogP contribution in [0.5, 0.6) is 0 Å². The van der Waals surface area contributed by atoms with Crippen molar-refractivity contribution in [1.29, 1.82) is 0 Å². The Labute approximate surface area is 209 Å². The van der Waals surface area contributed by atoms with Gasteiger partial charge in [0.05, 0.1) is 18.4 Å². The van der Waals surface area contributed by atoms with Crippen LogP contribution in [0.15, 0.2) is 12.7 Å². The van der Waals surface area contributed by atoms with E-state index in [-0.39, 0.29) is 37.0 Å². The van der Waals surface area contributed by atoms with Crippen LogP contribution in [0.4, 0.5) is 4.79 Å². The predicted octanol–water partition coefficient (Wildman–Crippen LogP) is 3.13. The topological polar surface area (TPSA) is 105 Å². The van der Waals surface area contributed by atoms with E-state index in [0.717, 1.165) is 32.1 Å². The summed E-state index contributed by atoms with van der Waals surface area (Å²) >= 11 is 0. The van der Waals surface area contributed by atoms with Crippen molar-refractivity contribution < 1.29 is 28.7 Å². The number of carbonyl (C=O) groups is 4. The van der Waals surface area contributed by atoms with Crippen LogP contribution in [-0.4, -0.2) is 78.6 Å². The molecule has 0 aliphatic carbocycles. The SMILES string of the molecule is C=C[C@@H](CNC(=O)[C@@H]1CCCN(C(=O)CCC2CCN(C(=O)OC(C)(C)C)CC2)C1)C(=O)OCC. The summed E-state index contributed by atoms with van der Waals surface area (Å²) in [4.78, 5) is 53.2. The molecule has 0 spiro atoms. The second-order valence-corrected chi connectivity index (χ2v) is 10.5. The molecule has 2 saturated heterocycles. The van der Waals surface area contributed by atoms with Crippen LogP contribution in [0.2, 0.25) is 0 Å². The average molecular weight is 494 g/mol. The van der Waals surface area contributed by atoms with Crippen LogP contribution < -0.4 is 5.32 Å². The summed E-state index contributed by atoms with van der Waals surface area (Å²) in [5, 5.41) is 2.82. The fourth-order valence-electron chi connectivity index (χ4n) is 4.50. The second-order valence-electron chi connectivity index (χ2n) is 10.5. The Balaban J connectivity index is 1.73. The van der Waals surface area contributed by atoms with E-state index < -0.39 is 17.5 Å². The number of hydrogen-bond donors (Lipinski definition) is 1. The summed E-state index contributed by atoms with van der Waals surface area (Å²) in [5.74, 6) is -0.930. The maximum Gasteiger partial charge on any atom is 0.410 e. The lowest BCUT2D eigenvalue weighted by Crippen LogP contribution is -2.46. The molecule has 2 atom stereocenters. The molecule has 35 heavy (non-hydrogen) atoms. The van der Waals surface area contributed by atoms with Crippen LogP contribution in [-0.2, 0) is 23.9 Å². The molecule has 0 aromatic carbocycles. The zero-order valence-electron chi connectivity index (χ0n) is 21.8. The number of likely N-dealkylation sites (tertiary alicyclic amines) is 2. The molecule has 0 unspecified atom stereocenters. The summed E-state index contributed by atoms with van der Waals surface area (Å²) in [7, 11) is 0. The van der Waals surface area contributed by atoms with Gasteiger partial charge < -0.3 is 24.6 Å². The lowest BCUT2D eigenvalue weighted by atomic mass is 9.91. The highest BCUT2D eigenvalue weighted by atomic mass is 16.6. The molecular formula is C26H43N3O6. The minimum atomic E-state index is -0.582. The third-order valence-electron chi connectivity index (χ3n) is 6.55. The van der Waals surface area contributed by atoms with Gasteiger partial charge in [-0.2, -0.15) is 0 Å². The molecule has 2 fully saturated rings. The fraction of sp³-hybridized carbons (Fsp3) is 0.769. The number of piperidine rings is 2. The van der Waals surface area contributed by atoms with E-state index in [1.54, 1.807) is 16.7 Å². The van der Waals surface area contributed by atoms with Crippen LogP contribution in [0.25, 0.3) is 0 Å². The zero-order valence-corrected chi connectivity index (χ0v) is 21.8. The fourth-order valence-corrected chi connectivity index (χ4v) is 4.50. The summed E-state index contributed by atoms with van der Waals surface area (Å²) in [6, 6.07) is 0. The molecule has 2 aliphatic rings. The van der Waals surface area contributed by atoms with E-state index in [4.69, 9.17) is 9.47 Å². The summed E-state index contributed by atoms with van der Waals surface area (Å²) < 4.78 is 10.4. The van der Waals surface area contributed by atoms with Crippen molar-refractivity contribution in [2.45, 2.75) is 71.8 Å². The standard InChI is InChI=1S/C26H43N3O6/c1-6-20(24(32)34-7-2)17-27-23(31)21-9-8-14-29(18-21)22(30)11-10-19-12-15-28(16-13-19)25(33)35-26(3,4)5/h6,19-21H,1,7-18H2,2-5H3,(H,27,31)/t20-,21+/m0/s1. The van der Waals surface area contributed by atoms with E-state index in [1.165, 1.54) is 6.08 Å². The average Bonchev–Trinajstić information content (AvgIpc) is 2.82. The van der Waals surface area contributed by atoms with Gasteiger partial charge in [-0.25, -0.2) is 4.79 Å². The van der Waals surface area contributed by atoms with Crippen molar-refractivity contribution in [2.75, 3.05) is 39.3 Å². The van der Waals surface area contributed by atoms with E-state index in [9.17, 15) is 19.2 Å². The number of amides is 3. The van der Waals surface area contributed by atoms with Gasteiger partial charge in [-0.1, -0.05) is 6.08 Å². The molecule has 0 aromatic heterocycles. The van der Waals surface area contributed by atoms with Gasteiger partial charge in [-0.3, -0.25) is 14.4 Å². The zero-order chi connectivity index (χ0) is 26.0. The maximum atomic E-state index is 12.8. The quantitative estimate of drug-likeness (QED) is 0.391. The Morgan fingerprint density at radius 2 is 1.77 bits per heavy atom. The van der Waals surface area contributed by atoms with Gasteiger partial charge >= 0.3 is 12.1 Å². The molecule has 0 radical (unpaired) electrons. The normalized spacial score (nSPS) is 20.1. The smallest absolute Gasteiger partial charge is 0.410 e. The molecular weight excluding hydrogens is 450 g/mol. The molecule has 2 aliphatic heterocycles. The van der Waals surface area contributed by atoms with Gasteiger partial charge in [-0.15, -0.1) is 6.58 Å². The third-order valence-corrected chi connectivity index (χ3v) is 6.55. The van der Waals surface area contributed by atoms with Crippen molar-refractivity contribution in [3.8, 4) is 0 Å².